The molecule has 0 fully saturated rings. The van der Waals surface area contributed by atoms with Crippen molar-refractivity contribution < 1.29 is 46.5 Å². The summed E-state index contributed by atoms with van der Waals surface area (Å²) in [6, 6.07) is 0. The van der Waals surface area contributed by atoms with E-state index in [0.29, 0.717) is 0 Å². The van der Waals surface area contributed by atoms with Crippen LogP contribution in [0.5, 0.6) is 0 Å². The number of aliphatic hydroxyl groups is 3. The standard InChI is InChI=1S/C12H27NO5.Ti/c1-10(2)17-12(9-16,18-11(3)4)13(5-7-14)6-8-15;/h10-11,14-16H,5-9H2,1-4H3;. The quantitative estimate of drug-likeness (QED) is 0.382. The Morgan fingerprint density at radius 1 is 0.895 bits per heavy atom. The van der Waals surface area contributed by atoms with E-state index in [1.54, 1.807) is 4.90 Å². The number of nitrogens with zero attached hydrogens (tertiary/aromatic N) is 1. The fraction of sp³-hybridized carbons (Fsp3) is 1.00. The van der Waals surface area contributed by atoms with Crippen LogP contribution in [-0.2, 0) is 31.2 Å². The first-order valence-electron chi connectivity index (χ1n) is 6.35. The van der Waals surface area contributed by atoms with E-state index in [9.17, 15) is 5.11 Å². The van der Waals surface area contributed by atoms with Gasteiger partial charge in [0, 0.05) is 34.8 Å². The van der Waals surface area contributed by atoms with Crippen LogP contribution in [0, 0.1) is 0 Å². The van der Waals surface area contributed by atoms with E-state index in [0.717, 1.165) is 0 Å². The molecule has 0 amide bonds. The SMILES string of the molecule is CC(C)OC(CO)(OC(C)C)N(CCO)CCO.[Ti]. The molecular weight excluding hydrogens is 286 g/mol. The molecule has 0 aliphatic carbocycles. The molecule has 0 aliphatic rings. The Balaban J connectivity index is 0. The maximum Gasteiger partial charge on any atom is 0.255 e. The first-order valence-corrected chi connectivity index (χ1v) is 6.35. The molecule has 0 saturated carbocycles. The summed E-state index contributed by atoms with van der Waals surface area (Å²) in [4.78, 5) is 1.60. The van der Waals surface area contributed by atoms with Gasteiger partial charge in [0.25, 0.3) is 5.91 Å². The van der Waals surface area contributed by atoms with Crippen molar-refractivity contribution in [1.82, 2.24) is 4.90 Å². The molecule has 0 unspecified atom stereocenters. The predicted octanol–water partition coefficient (Wildman–Crippen LogP) is -0.233. The van der Waals surface area contributed by atoms with Crippen molar-refractivity contribution in [2.45, 2.75) is 45.8 Å². The van der Waals surface area contributed by atoms with Crippen molar-refractivity contribution in [3.8, 4) is 0 Å². The monoisotopic (exact) mass is 313 g/mol. The van der Waals surface area contributed by atoms with Gasteiger partial charge in [-0.1, -0.05) is 0 Å². The fourth-order valence-electron chi connectivity index (χ4n) is 1.78. The smallest absolute Gasteiger partial charge is 0.255 e. The average molecular weight is 313 g/mol. The van der Waals surface area contributed by atoms with Gasteiger partial charge < -0.3 is 24.8 Å². The first-order chi connectivity index (χ1) is 8.41. The molecular formula is C12H27NO5Ti. The van der Waals surface area contributed by atoms with Crippen LogP contribution in [-0.4, -0.2) is 71.2 Å². The van der Waals surface area contributed by atoms with Gasteiger partial charge in [0.05, 0.1) is 25.4 Å². The summed E-state index contributed by atoms with van der Waals surface area (Å²) in [7, 11) is 0. The Bertz CT molecular complexity index is 200. The van der Waals surface area contributed by atoms with Crippen molar-refractivity contribution >= 4 is 0 Å². The molecule has 0 aromatic rings. The molecule has 0 aromatic carbocycles. The van der Waals surface area contributed by atoms with E-state index >= 15 is 0 Å². The van der Waals surface area contributed by atoms with E-state index in [4.69, 9.17) is 19.7 Å². The molecule has 0 spiro atoms. The van der Waals surface area contributed by atoms with Gasteiger partial charge in [-0.05, 0) is 27.7 Å². The van der Waals surface area contributed by atoms with Crippen LogP contribution in [0.25, 0.3) is 0 Å². The Morgan fingerprint density at radius 2 is 1.26 bits per heavy atom. The van der Waals surface area contributed by atoms with Crippen LogP contribution in [0.15, 0.2) is 0 Å². The molecule has 0 rings (SSSR count). The molecule has 0 aromatic heterocycles. The molecule has 3 N–H and O–H groups in total. The van der Waals surface area contributed by atoms with Gasteiger partial charge in [0.15, 0.2) is 0 Å². The van der Waals surface area contributed by atoms with Crippen molar-refractivity contribution in [2.24, 2.45) is 0 Å². The number of hydrogen-bond acceptors (Lipinski definition) is 6. The minimum atomic E-state index is -1.33. The second-order valence-electron chi connectivity index (χ2n) is 4.64. The zero-order valence-corrected chi connectivity index (χ0v) is 13.9. The zero-order valence-electron chi connectivity index (χ0n) is 12.3. The minimum Gasteiger partial charge on any atom is -0.395 e. The zero-order chi connectivity index (χ0) is 14.2. The van der Waals surface area contributed by atoms with Crippen molar-refractivity contribution in [3.63, 3.8) is 0 Å². The fourth-order valence-corrected chi connectivity index (χ4v) is 1.78. The maximum atomic E-state index is 9.64. The van der Waals surface area contributed by atoms with E-state index in [1.807, 2.05) is 27.7 Å². The number of ether oxygens (including phenoxy) is 2. The largest absolute Gasteiger partial charge is 0.395 e. The molecule has 19 heavy (non-hydrogen) atoms. The van der Waals surface area contributed by atoms with Gasteiger partial charge in [-0.25, -0.2) is 4.90 Å². The van der Waals surface area contributed by atoms with Crippen LogP contribution in [0.2, 0.25) is 0 Å². The van der Waals surface area contributed by atoms with Gasteiger partial charge in [-0.15, -0.1) is 0 Å². The van der Waals surface area contributed by atoms with Gasteiger partial charge in [0.1, 0.15) is 6.61 Å². The molecule has 0 radical (unpaired) electrons. The van der Waals surface area contributed by atoms with Crippen LogP contribution in [0.4, 0.5) is 0 Å². The normalized spacial score (nSPS) is 12.3. The summed E-state index contributed by atoms with van der Waals surface area (Å²) >= 11 is 0. The van der Waals surface area contributed by atoms with E-state index in [2.05, 4.69) is 0 Å². The molecule has 6 nitrogen and oxygen atoms in total. The summed E-state index contributed by atoms with van der Waals surface area (Å²) < 4.78 is 11.4. The Kier molecular flexibility index (Phi) is 12.8. The van der Waals surface area contributed by atoms with Crippen molar-refractivity contribution in [3.05, 3.63) is 0 Å². The van der Waals surface area contributed by atoms with Gasteiger partial charge in [-0.2, -0.15) is 0 Å². The topological polar surface area (TPSA) is 82.4 Å². The minimum absolute atomic E-state index is 0. The van der Waals surface area contributed by atoms with Crippen molar-refractivity contribution in [1.29, 1.82) is 0 Å². The molecule has 114 valence electrons. The van der Waals surface area contributed by atoms with Gasteiger partial charge in [-0.3, -0.25) is 0 Å². The van der Waals surface area contributed by atoms with E-state index < -0.39 is 5.91 Å². The summed E-state index contributed by atoms with van der Waals surface area (Å²) in [5, 5.41) is 27.8. The molecule has 0 aliphatic heterocycles. The van der Waals surface area contributed by atoms with E-state index in [1.165, 1.54) is 0 Å². The van der Waals surface area contributed by atoms with Gasteiger partial charge in [0.2, 0.25) is 0 Å². The third-order valence-electron chi connectivity index (χ3n) is 2.26. The predicted molar refractivity (Wildman–Crippen MR) is 68.0 cm³/mol. The average Bonchev–Trinajstić information content (AvgIpc) is 2.26. The second-order valence-corrected chi connectivity index (χ2v) is 4.64. The third-order valence-corrected chi connectivity index (χ3v) is 2.26. The molecule has 0 bridgehead atoms. The number of rotatable bonds is 10. The summed E-state index contributed by atoms with van der Waals surface area (Å²) in [6.45, 7) is 7.27. The van der Waals surface area contributed by atoms with Gasteiger partial charge >= 0.3 is 0 Å². The summed E-state index contributed by atoms with van der Waals surface area (Å²) in [6.07, 6.45) is -0.313. The molecule has 0 heterocycles. The molecule has 0 atom stereocenters. The Labute approximate surface area is 130 Å². The number of hydrogen-bond donors (Lipinski definition) is 3. The molecule has 7 heteroatoms. The Morgan fingerprint density at radius 3 is 1.47 bits per heavy atom. The second kappa shape index (κ2) is 11.2. The summed E-state index contributed by atoms with van der Waals surface area (Å²) in [5.74, 6) is -1.33. The van der Waals surface area contributed by atoms with E-state index in [-0.39, 0.29) is 66.8 Å². The third kappa shape index (κ3) is 7.73. The van der Waals surface area contributed by atoms with Crippen LogP contribution < -0.4 is 0 Å². The first kappa shape index (κ1) is 21.8. The number of aliphatic hydroxyl groups excluding tert-OH is 3. The molecule has 0 saturated heterocycles. The van der Waals surface area contributed by atoms with Crippen molar-refractivity contribution in [2.75, 3.05) is 32.9 Å². The maximum absolute atomic E-state index is 9.64. The summed E-state index contributed by atoms with van der Waals surface area (Å²) in [5.41, 5.74) is 0. The van der Waals surface area contributed by atoms with Crippen LogP contribution in [0.1, 0.15) is 27.7 Å². The Hall–Kier alpha value is 0.474. The van der Waals surface area contributed by atoms with Crippen LogP contribution >= 0.6 is 0 Å². The van der Waals surface area contributed by atoms with Crippen LogP contribution in [0.3, 0.4) is 0 Å².